The second-order valence-corrected chi connectivity index (χ2v) is 7.77. The predicted octanol–water partition coefficient (Wildman–Crippen LogP) is 0.971. The van der Waals surface area contributed by atoms with E-state index >= 15 is 0 Å². The topological polar surface area (TPSA) is 69.1 Å². The average Bonchev–Trinajstić information content (AvgIpc) is 2.05. The summed E-state index contributed by atoms with van der Waals surface area (Å²) in [6, 6.07) is 6.89. The third-order valence-corrected chi connectivity index (χ3v) is 5.21. The number of benzene rings is 1. The Labute approximate surface area is 78.7 Å². The van der Waals surface area contributed by atoms with Crippen molar-refractivity contribution in [3.05, 3.63) is 24.3 Å². The zero-order valence-electron chi connectivity index (χ0n) is 7.99. The molecule has 0 saturated carbocycles. The molecule has 4 N–H and O–H groups in total. The lowest BCUT2D eigenvalue weighted by Crippen LogP contribution is -2.43. The molecule has 1 aromatic carbocycles. The van der Waals surface area contributed by atoms with Crippen LogP contribution in [0.5, 0.6) is 0 Å². The van der Waals surface area contributed by atoms with E-state index in [1.807, 2.05) is 6.92 Å². The molecule has 3 nitrogen and oxygen atoms in total. The fraction of sp³-hybridized carbons (Fsp3) is 0.333. The Balaban J connectivity index is 3.24. The number of nitrogen functional groups attached to an aromatic ring is 1. The van der Waals surface area contributed by atoms with E-state index in [0.717, 1.165) is 0 Å². The van der Waals surface area contributed by atoms with E-state index in [9.17, 15) is 4.21 Å². The third kappa shape index (κ3) is 2.08. The highest BCUT2D eigenvalue weighted by Gasteiger charge is 2.25. The van der Waals surface area contributed by atoms with Gasteiger partial charge in [0.1, 0.15) is 0 Å². The van der Waals surface area contributed by atoms with Crippen molar-refractivity contribution >= 4 is 14.9 Å². The van der Waals surface area contributed by atoms with E-state index in [0.29, 0.717) is 16.3 Å². The molecule has 74 valence electrons. The van der Waals surface area contributed by atoms with Crippen LogP contribution in [0, 0.1) is 0 Å². The van der Waals surface area contributed by atoms with Crippen molar-refractivity contribution in [2.45, 2.75) is 11.8 Å². The van der Waals surface area contributed by atoms with Crippen LogP contribution >= 0.6 is 0 Å². The van der Waals surface area contributed by atoms with Crippen LogP contribution in [0.3, 0.4) is 0 Å². The number of hydrogen-bond donors (Lipinski definition) is 2. The first-order chi connectivity index (χ1) is 5.83. The molecule has 1 rings (SSSR count). The van der Waals surface area contributed by atoms with Crippen LogP contribution in [0.1, 0.15) is 6.92 Å². The fourth-order valence-corrected chi connectivity index (χ4v) is 2.20. The SMILES string of the molecule is CCS(C)(N)(=O)c1ccc(N)cc1. The lowest BCUT2D eigenvalue weighted by molar-refractivity contribution is 0.661. The minimum absolute atomic E-state index is 0.446. The van der Waals surface area contributed by atoms with Crippen LogP contribution in [0.15, 0.2) is 29.2 Å². The lowest BCUT2D eigenvalue weighted by atomic mass is 10.3. The van der Waals surface area contributed by atoms with Gasteiger partial charge in [-0.2, -0.15) is 0 Å². The summed E-state index contributed by atoms with van der Waals surface area (Å²) in [5, 5.41) is 5.84. The lowest BCUT2D eigenvalue weighted by Gasteiger charge is -2.32. The molecule has 0 aliphatic carbocycles. The minimum Gasteiger partial charge on any atom is -0.399 e. The van der Waals surface area contributed by atoms with Crippen molar-refractivity contribution in [2.24, 2.45) is 5.14 Å². The summed E-state index contributed by atoms with van der Waals surface area (Å²) in [5.41, 5.74) is 6.18. The van der Waals surface area contributed by atoms with Crippen molar-refractivity contribution in [1.82, 2.24) is 0 Å². The van der Waals surface area contributed by atoms with E-state index in [1.165, 1.54) is 0 Å². The highest BCUT2D eigenvalue weighted by molar-refractivity contribution is 8.17. The summed E-state index contributed by atoms with van der Waals surface area (Å²) in [5.74, 6) is 0.446. The number of rotatable bonds is 2. The van der Waals surface area contributed by atoms with E-state index < -0.39 is 9.25 Å². The Hall–Kier alpha value is -0.870. The quantitative estimate of drug-likeness (QED) is 0.698. The molecular formula is C9H16N2OS. The molecule has 0 aliphatic rings. The molecule has 0 radical (unpaired) electrons. The van der Waals surface area contributed by atoms with Gasteiger partial charge in [0.2, 0.25) is 0 Å². The Morgan fingerprint density at radius 2 is 1.77 bits per heavy atom. The maximum atomic E-state index is 12.2. The molecular weight excluding hydrogens is 184 g/mol. The van der Waals surface area contributed by atoms with Crippen molar-refractivity contribution in [3.8, 4) is 0 Å². The van der Waals surface area contributed by atoms with Gasteiger partial charge in [-0.1, -0.05) is 6.92 Å². The van der Waals surface area contributed by atoms with E-state index in [1.54, 1.807) is 30.5 Å². The van der Waals surface area contributed by atoms with Crippen LogP contribution in [-0.4, -0.2) is 16.2 Å². The Morgan fingerprint density at radius 1 is 1.31 bits per heavy atom. The highest BCUT2D eigenvalue weighted by Crippen LogP contribution is 2.26. The molecule has 0 atom stereocenters. The standard InChI is InChI=1S/C9H16N2OS/c1-3-13(2,11,12)9-6-4-8(10)5-7-9/h4-7H,3,10H2,1-2H3,(H2,11,12). The summed E-state index contributed by atoms with van der Waals surface area (Å²) >= 11 is 0. The van der Waals surface area contributed by atoms with Crippen LogP contribution < -0.4 is 10.9 Å². The first-order valence-electron chi connectivity index (χ1n) is 4.12. The van der Waals surface area contributed by atoms with Gasteiger partial charge >= 0.3 is 0 Å². The molecule has 0 saturated heterocycles. The zero-order chi connectivity index (χ0) is 10.1. The number of hydrogen-bond acceptors (Lipinski definition) is 2. The molecule has 4 heteroatoms. The summed E-state index contributed by atoms with van der Waals surface area (Å²) < 4.78 is 12.2. The predicted molar refractivity (Wildman–Crippen MR) is 57.9 cm³/mol. The molecule has 0 amide bonds. The summed E-state index contributed by atoms with van der Waals surface area (Å²) in [7, 11) is -3.10. The zero-order valence-corrected chi connectivity index (χ0v) is 8.80. The van der Waals surface area contributed by atoms with Crippen molar-refractivity contribution in [1.29, 1.82) is 0 Å². The van der Waals surface area contributed by atoms with Crippen LogP contribution in [-0.2, 0) is 9.25 Å². The van der Waals surface area contributed by atoms with Crippen LogP contribution in [0.25, 0.3) is 0 Å². The second-order valence-electron chi connectivity index (χ2n) is 3.48. The molecule has 0 bridgehead atoms. The normalized spacial score (nSPS) is 14.8. The van der Waals surface area contributed by atoms with Gasteiger partial charge in [-0.25, -0.2) is 0 Å². The monoisotopic (exact) mass is 200 g/mol. The summed E-state index contributed by atoms with van der Waals surface area (Å²) in [6.45, 7) is 1.82. The van der Waals surface area contributed by atoms with E-state index in [-0.39, 0.29) is 0 Å². The van der Waals surface area contributed by atoms with Gasteiger partial charge in [-0.05, 0) is 33.5 Å². The first kappa shape index (κ1) is 10.2. The fourth-order valence-electron chi connectivity index (χ4n) is 1.00. The molecule has 0 fully saturated rings. The molecule has 0 spiro atoms. The number of anilines is 1. The molecule has 0 unspecified atom stereocenters. The Kier molecular flexibility index (Phi) is 2.21. The van der Waals surface area contributed by atoms with Gasteiger partial charge in [-0.15, -0.1) is 0 Å². The highest BCUT2D eigenvalue weighted by atomic mass is 32.3. The van der Waals surface area contributed by atoms with Gasteiger partial charge in [0.05, 0.1) is 0 Å². The number of nitrogens with two attached hydrogens (primary N) is 2. The van der Waals surface area contributed by atoms with Crippen molar-refractivity contribution in [2.75, 3.05) is 17.7 Å². The average molecular weight is 200 g/mol. The third-order valence-electron chi connectivity index (χ3n) is 2.23. The smallest absolute Gasteiger partial charge is 0.0314 e. The van der Waals surface area contributed by atoms with Gasteiger partial charge in [0.15, 0.2) is 0 Å². The van der Waals surface area contributed by atoms with E-state index in [2.05, 4.69) is 0 Å². The van der Waals surface area contributed by atoms with Gasteiger partial charge in [0, 0.05) is 22.6 Å². The van der Waals surface area contributed by atoms with Crippen LogP contribution in [0.4, 0.5) is 5.69 Å². The largest absolute Gasteiger partial charge is 0.399 e. The first-order valence-corrected chi connectivity index (χ1v) is 6.73. The van der Waals surface area contributed by atoms with Gasteiger partial charge in [-0.3, -0.25) is 9.35 Å². The maximum absolute atomic E-state index is 12.2. The molecule has 0 aromatic heterocycles. The van der Waals surface area contributed by atoms with E-state index in [4.69, 9.17) is 10.9 Å². The minimum atomic E-state index is -3.10. The van der Waals surface area contributed by atoms with Crippen molar-refractivity contribution in [3.63, 3.8) is 0 Å². The molecule has 1 aromatic rings. The van der Waals surface area contributed by atoms with Crippen LogP contribution in [0.2, 0.25) is 0 Å². The van der Waals surface area contributed by atoms with Gasteiger partial charge < -0.3 is 5.73 Å². The van der Waals surface area contributed by atoms with Crippen molar-refractivity contribution < 1.29 is 4.21 Å². The maximum Gasteiger partial charge on any atom is 0.0314 e. The Bertz CT molecular complexity index is 364. The molecule has 13 heavy (non-hydrogen) atoms. The van der Waals surface area contributed by atoms with Gasteiger partial charge in [0.25, 0.3) is 0 Å². The Morgan fingerprint density at radius 3 is 2.15 bits per heavy atom. The second kappa shape index (κ2) is 2.82. The summed E-state index contributed by atoms with van der Waals surface area (Å²) in [4.78, 5) is 0.675. The molecule has 0 aliphatic heterocycles. The summed E-state index contributed by atoms with van der Waals surface area (Å²) in [6.07, 6.45) is 1.60. The molecule has 0 heterocycles.